The first kappa shape index (κ1) is 20.0. The zero-order valence-electron chi connectivity index (χ0n) is 16.2. The summed E-state index contributed by atoms with van der Waals surface area (Å²) in [6, 6.07) is 7.65. The maximum atomic E-state index is 12.7. The fourth-order valence-electron chi connectivity index (χ4n) is 3.44. The first-order chi connectivity index (χ1) is 14.3. The maximum absolute atomic E-state index is 12.7. The van der Waals surface area contributed by atoms with E-state index in [1.807, 2.05) is 24.3 Å². The van der Waals surface area contributed by atoms with Crippen LogP contribution in [0.1, 0.15) is 47.5 Å². The van der Waals surface area contributed by atoms with E-state index in [-0.39, 0.29) is 5.91 Å². The van der Waals surface area contributed by atoms with Crippen LogP contribution in [0, 0.1) is 0 Å². The molecule has 3 aromatic rings. The van der Waals surface area contributed by atoms with Crippen LogP contribution in [0.4, 0.5) is 0 Å². The molecule has 1 aliphatic carbocycles. The van der Waals surface area contributed by atoms with Crippen LogP contribution in [-0.4, -0.2) is 32.7 Å². The predicted octanol–water partition coefficient (Wildman–Crippen LogP) is 5.00. The van der Waals surface area contributed by atoms with Crippen molar-refractivity contribution in [1.82, 2.24) is 20.3 Å². The van der Waals surface area contributed by atoms with Crippen molar-refractivity contribution in [2.75, 3.05) is 6.54 Å². The van der Waals surface area contributed by atoms with Gasteiger partial charge in [0.25, 0.3) is 5.91 Å². The molecule has 29 heavy (non-hydrogen) atoms. The van der Waals surface area contributed by atoms with Crippen LogP contribution in [-0.2, 0) is 6.42 Å². The maximum Gasteiger partial charge on any atom is 0.254 e. The van der Waals surface area contributed by atoms with Gasteiger partial charge in [0.15, 0.2) is 0 Å². The number of carbonyl (C=O) groups excluding carboxylic acids is 1. The average Bonchev–Trinajstić information content (AvgIpc) is 3.44. The number of nitrogens with one attached hydrogen (secondary N) is 1. The minimum atomic E-state index is -0.0322. The summed E-state index contributed by atoms with van der Waals surface area (Å²) in [7, 11) is 0. The van der Waals surface area contributed by atoms with E-state index < -0.39 is 0 Å². The van der Waals surface area contributed by atoms with E-state index in [1.165, 1.54) is 25.7 Å². The Morgan fingerprint density at radius 3 is 2.83 bits per heavy atom. The highest BCUT2D eigenvalue weighted by Crippen LogP contribution is 2.35. The van der Waals surface area contributed by atoms with Crippen molar-refractivity contribution in [3.8, 4) is 11.3 Å². The first-order valence-corrected chi connectivity index (χ1v) is 11.8. The molecule has 0 spiro atoms. The summed E-state index contributed by atoms with van der Waals surface area (Å²) < 4.78 is 0. The van der Waals surface area contributed by atoms with Gasteiger partial charge in [-0.25, -0.2) is 9.97 Å². The van der Waals surface area contributed by atoms with Gasteiger partial charge in [-0.05, 0) is 43.5 Å². The van der Waals surface area contributed by atoms with E-state index in [0.717, 1.165) is 34.1 Å². The third-order valence-corrected chi connectivity index (χ3v) is 7.24. The Morgan fingerprint density at radius 1 is 1.17 bits per heavy atom. The summed E-state index contributed by atoms with van der Waals surface area (Å²) >= 11 is 3.42. The van der Waals surface area contributed by atoms with Gasteiger partial charge in [-0.3, -0.25) is 9.78 Å². The quantitative estimate of drug-likeness (QED) is 0.516. The van der Waals surface area contributed by atoms with Crippen LogP contribution in [0.15, 0.2) is 53.3 Å². The smallest absolute Gasteiger partial charge is 0.254 e. The number of aromatic nitrogens is 3. The molecule has 5 nitrogen and oxygen atoms in total. The third kappa shape index (κ3) is 5.42. The van der Waals surface area contributed by atoms with Gasteiger partial charge in [0.2, 0.25) is 0 Å². The molecule has 0 unspecified atom stereocenters. The lowest BCUT2D eigenvalue weighted by molar-refractivity contribution is 0.0949. The van der Waals surface area contributed by atoms with Crippen LogP contribution in [0.25, 0.3) is 11.3 Å². The molecule has 4 rings (SSSR count). The van der Waals surface area contributed by atoms with Crippen molar-refractivity contribution < 1.29 is 4.79 Å². The molecule has 1 amide bonds. The van der Waals surface area contributed by atoms with Crippen LogP contribution in [0.3, 0.4) is 0 Å². The molecule has 3 aromatic heterocycles. The molecule has 0 aliphatic heterocycles. The fourth-order valence-corrected chi connectivity index (χ4v) is 5.58. The molecule has 0 atom stereocenters. The van der Waals surface area contributed by atoms with Crippen molar-refractivity contribution in [2.24, 2.45) is 0 Å². The number of hydrogen-bond donors (Lipinski definition) is 1. The zero-order chi connectivity index (χ0) is 19.9. The lowest BCUT2D eigenvalue weighted by atomic mass is 10.2. The third-order valence-electron chi connectivity index (χ3n) is 4.98. The molecular weight excluding hydrogens is 400 g/mol. The Kier molecular flexibility index (Phi) is 6.90. The van der Waals surface area contributed by atoms with Gasteiger partial charge in [-0.2, -0.15) is 0 Å². The van der Waals surface area contributed by atoms with Gasteiger partial charge in [-0.15, -0.1) is 23.1 Å². The molecule has 1 fully saturated rings. The van der Waals surface area contributed by atoms with Crippen LogP contribution in [0.2, 0.25) is 0 Å². The number of amides is 1. The van der Waals surface area contributed by atoms with Crippen LogP contribution >= 0.6 is 23.1 Å². The fraction of sp³-hybridized carbons (Fsp3) is 0.364. The van der Waals surface area contributed by atoms with Gasteiger partial charge in [0.1, 0.15) is 5.03 Å². The summed E-state index contributed by atoms with van der Waals surface area (Å²) in [6.45, 7) is 0.630. The summed E-state index contributed by atoms with van der Waals surface area (Å²) in [4.78, 5) is 25.9. The van der Waals surface area contributed by atoms with Crippen LogP contribution < -0.4 is 5.32 Å². The largest absolute Gasteiger partial charge is 0.352 e. The molecule has 1 N–H and O–H groups in total. The van der Waals surface area contributed by atoms with Gasteiger partial charge >= 0.3 is 0 Å². The van der Waals surface area contributed by atoms with Crippen molar-refractivity contribution in [3.63, 3.8) is 0 Å². The minimum absolute atomic E-state index is 0.0322. The number of rotatable bonds is 8. The van der Waals surface area contributed by atoms with E-state index in [4.69, 9.17) is 4.98 Å². The second kappa shape index (κ2) is 9.98. The highest BCUT2D eigenvalue weighted by Gasteiger charge is 2.20. The number of thioether (sulfide) groups is 1. The van der Waals surface area contributed by atoms with Crippen molar-refractivity contribution in [2.45, 2.75) is 48.8 Å². The number of nitrogens with zero attached hydrogens (tertiary/aromatic N) is 3. The SMILES string of the molecule is O=C(NCCCc1nc(-c2ccncc2)cs1)c1cccnc1SC1CCCC1. The van der Waals surface area contributed by atoms with Crippen LogP contribution in [0.5, 0.6) is 0 Å². The number of aryl methyl sites for hydroxylation is 1. The Morgan fingerprint density at radius 2 is 2.00 bits per heavy atom. The molecule has 0 saturated heterocycles. The topological polar surface area (TPSA) is 67.8 Å². The van der Waals surface area contributed by atoms with Crippen molar-refractivity contribution in [1.29, 1.82) is 0 Å². The molecule has 7 heteroatoms. The predicted molar refractivity (Wildman–Crippen MR) is 118 cm³/mol. The molecule has 0 radical (unpaired) electrons. The minimum Gasteiger partial charge on any atom is -0.352 e. The Labute approximate surface area is 179 Å². The normalized spacial score (nSPS) is 14.2. The van der Waals surface area contributed by atoms with Crippen molar-refractivity contribution in [3.05, 3.63) is 58.8 Å². The molecule has 150 valence electrons. The van der Waals surface area contributed by atoms with E-state index in [9.17, 15) is 4.79 Å². The summed E-state index contributed by atoms with van der Waals surface area (Å²) in [5.74, 6) is -0.0322. The average molecular weight is 425 g/mol. The van der Waals surface area contributed by atoms with Gasteiger partial charge in [-0.1, -0.05) is 12.8 Å². The number of thiazole rings is 1. The molecule has 0 bridgehead atoms. The number of hydrogen-bond acceptors (Lipinski definition) is 6. The molecular formula is C22H24N4OS2. The van der Waals surface area contributed by atoms with Crippen molar-refractivity contribution >= 4 is 29.0 Å². The lowest BCUT2D eigenvalue weighted by Crippen LogP contribution is -2.25. The first-order valence-electron chi connectivity index (χ1n) is 10.0. The number of carbonyl (C=O) groups is 1. The molecule has 0 aromatic carbocycles. The molecule has 3 heterocycles. The van der Waals surface area contributed by atoms with E-state index in [0.29, 0.717) is 17.4 Å². The Balaban J connectivity index is 1.27. The molecule has 1 saturated carbocycles. The Bertz CT molecular complexity index is 939. The zero-order valence-corrected chi connectivity index (χ0v) is 17.8. The van der Waals surface area contributed by atoms with E-state index >= 15 is 0 Å². The second-order valence-corrected chi connectivity index (χ2v) is 9.33. The summed E-state index contributed by atoms with van der Waals surface area (Å²) in [5.41, 5.74) is 2.76. The highest BCUT2D eigenvalue weighted by atomic mass is 32.2. The lowest BCUT2D eigenvalue weighted by Gasteiger charge is -2.12. The standard InChI is InChI=1S/C22H24N4OS2/c27-21(18-7-3-12-25-22(18)29-17-5-1-2-6-17)24-11-4-8-20-26-19(15-28-20)16-9-13-23-14-10-16/h3,7,9-10,12-15,17H,1-2,4-6,8,11H2,(H,24,27). The van der Waals surface area contributed by atoms with Gasteiger partial charge < -0.3 is 5.32 Å². The second-order valence-electron chi connectivity index (χ2n) is 7.10. The highest BCUT2D eigenvalue weighted by molar-refractivity contribution is 7.99. The van der Waals surface area contributed by atoms with E-state index in [1.54, 1.807) is 41.7 Å². The van der Waals surface area contributed by atoms with Gasteiger partial charge in [0, 0.05) is 47.7 Å². The summed E-state index contributed by atoms with van der Waals surface area (Å²) in [5, 5.41) is 7.67. The van der Waals surface area contributed by atoms with Gasteiger partial charge in [0.05, 0.1) is 16.3 Å². The number of pyridine rings is 2. The summed E-state index contributed by atoms with van der Waals surface area (Å²) in [6.07, 6.45) is 12.1. The monoisotopic (exact) mass is 424 g/mol. The Hall–Kier alpha value is -2.25. The molecule has 1 aliphatic rings. The van der Waals surface area contributed by atoms with E-state index in [2.05, 4.69) is 20.7 Å².